The molecule has 178 valence electrons. The number of carbonyl (C=O) groups excluding carboxylic acids is 1. The molecule has 0 saturated heterocycles. The van der Waals surface area contributed by atoms with Crippen molar-refractivity contribution in [2.45, 2.75) is 6.92 Å². The van der Waals surface area contributed by atoms with Gasteiger partial charge in [0.1, 0.15) is 17.3 Å². The van der Waals surface area contributed by atoms with Gasteiger partial charge in [-0.05, 0) is 67.6 Å². The number of benzene rings is 3. The van der Waals surface area contributed by atoms with Gasteiger partial charge >= 0.3 is 0 Å². The van der Waals surface area contributed by atoms with Gasteiger partial charge in [-0.15, -0.1) is 0 Å². The highest BCUT2D eigenvalue weighted by Gasteiger charge is 2.10. The molecular weight excluding hydrogens is 454 g/mol. The Labute approximate surface area is 207 Å². The Morgan fingerprint density at radius 3 is 2.19 bits per heavy atom. The average molecular weight is 478 g/mol. The van der Waals surface area contributed by atoms with E-state index in [1.165, 1.54) is 6.20 Å². The Hall–Kier alpha value is -5.05. The summed E-state index contributed by atoms with van der Waals surface area (Å²) in [7, 11) is 1.63. The van der Waals surface area contributed by atoms with Gasteiger partial charge < -0.3 is 20.7 Å². The normalized spacial score (nSPS) is 10.6. The highest BCUT2D eigenvalue weighted by Crippen LogP contribution is 2.22. The molecule has 0 fully saturated rings. The molecule has 0 aliphatic carbocycles. The third-order valence-corrected chi connectivity index (χ3v) is 5.30. The molecule has 0 saturated carbocycles. The first-order valence-corrected chi connectivity index (χ1v) is 11.2. The highest BCUT2D eigenvalue weighted by molar-refractivity contribution is 6.03. The minimum Gasteiger partial charge on any atom is -0.497 e. The summed E-state index contributed by atoms with van der Waals surface area (Å²) in [5.74, 6) is 1.57. The number of ether oxygens (including phenoxy) is 1. The van der Waals surface area contributed by atoms with E-state index < -0.39 is 0 Å². The minimum absolute atomic E-state index is 0.251. The van der Waals surface area contributed by atoms with Crippen LogP contribution in [0.4, 0.5) is 28.8 Å². The van der Waals surface area contributed by atoms with Gasteiger partial charge in [0.2, 0.25) is 5.95 Å². The zero-order valence-electron chi connectivity index (χ0n) is 19.7. The van der Waals surface area contributed by atoms with Gasteiger partial charge in [-0.3, -0.25) is 9.78 Å². The topological polar surface area (TPSA) is 114 Å². The van der Waals surface area contributed by atoms with E-state index in [4.69, 9.17) is 4.74 Å². The molecule has 0 bridgehead atoms. The number of rotatable bonds is 7. The summed E-state index contributed by atoms with van der Waals surface area (Å²) in [6.07, 6.45) is 1.47. The number of nitrogens with zero attached hydrogens (tertiary/aromatic N) is 4. The fourth-order valence-electron chi connectivity index (χ4n) is 3.54. The number of fused-ring (bicyclic) bond motifs is 1. The van der Waals surface area contributed by atoms with Crippen LogP contribution in [0.2, 0.25) is 0 Å². The van der Waals surface area contributed by atoms with Gasteiger partial charge in [0.25, 0.3) is 5.91 Å². The lowest BCUT2D eigenvalue weighted by Crippen LogP contribution is -2.14. The Kier molecular flexibility index (Phi) is 6.35. The molecule has 5 aromatic rings. The van der Waals surface area contributed by atoms with Crippen LogP contribution in [0.25, 0.3) is 11.0 Å². The van der Waals surface area contributed by atoms with Crippen LogP contribution in [-0.4, -0.2) is 33.0 Å². The number of hydrogen-bond donors (Lipinski definition) is 3. The lowest BCUT2D eigenvalue weighted by atomic mass is 10.2. The summed E-state index contributed by atoms with van der Waals surface area (Å²) in [6.45, 7) is 1.90. The molecule has 0 spiro atoms. The molecule has 2 heterocycles. The summed E-state index contributed by atoms with van der Waals surface area (Å²) >= 11 is 0. The summed E-state index contributed by atoms with van der Waals surface area (Å²) in [5.41, 5.74) is 4.77. The zero-order chi connectivity index (χ0) is 24.9. The van der Waals surface area contributed by atoms with E-state index in [1.54, 1.807) is 19.2 Å². The SMILES string of the molecule is COc1ccc(Nc2cc(C)nc(Nc3ccc(NC(=O)c4cnc5ccccc5n4)cc3)n2)cc1. The van der Waals surface area contributed by atoms with Crippen LogP contribution in [0.1, 0.15) is 16.2 Å². The van der Waals surface area contributed by atoms with Crippen LogP contribution in [-0.2, 0) is 0 Å². The first-order valence-electron chi connectivity index (χ1n) is 11.2. The van der Waals surface area contributed by atoms with Gasteiger partial charge in [-0.2, -0.15) is 4.98 Å². The molecule has 0 radical (unpaired) electrons. The second-order valence-electron chi connectivity index (χ2n) is 7.97. The highest BCUT2D eigenvalue weighted by atomic mass is 16.5. The Bertz CT molecular complexity index is 1520. The molecule has 3 N–H and O–H groups in total. The number of amides is 1. The number of para-hydroxylation sites is 2. The third-order valence-electron chi connectivity index (χ3n) is 5.30. The zero-order valence-corrected chi connectivity index (χ0v) is 19.7. The Morgan fingerprint density at radius 2 is 1.44 bits per heavy atom. The number of nitrogens with one attached hydrogen (secondary N) is 3. The van der Waals surface area contributed by atoms with E-state index in [-0.39, 0.29) is 11.6 Å². The molecule has 9 nitrogen and oxygen atoms in total. The van der Waals surface area contributed by atoms with Gasteiger partial charge in [-0.1, -0.05) is 12.1 Å². The number of hydrogen-bond acceptors (Lipinski definition) is 8. The quantitative estimate of drug-likeness (QED) is 0.282. The lowest BCUT2D eigenvalue weighted by molar-refractivity contribution is 0.102. The van der Waals surface area contributed by atoms with Crippen molar-refractivity contribution in [3.8, 4) is 5.75 Å². The van der Waals surface area contributed by atoms with Crippen molar-refractivity contribution in [2.24, 2.45) is 0 Å². The largest absolute Gasteiger partial charge is 0.497 e. The predicted octanol–water partition coefficient (Wildman–Crippen LogP) is 5.48. The maximum Gasteiger partial charge on any atom is 0.275 e. The number of aryl methyl sites for hydroxylation is 1. The first-order chi connectivity index (χ1) is 17.6. The number of aromatic nitrogens is 4. The van der Waals surface area contributed by atoms with E-state index in [0.717, 1.165) is 28.3 Å². The molecular formula is C27H23N7O2. The van der Waals surface area contributed by atoms with E-state index in [9.17, 15) is 4.79 Å². The lowest BCUT2D eigenvalue weighted by Gasteiger charge is -2.11. The van der Waals surface area contributed by atoms with E-state index in [0.29, 0.717) is 23.0 Å². The molecule has 9 heteroatoms. The Morgan fingerprint density at radius 1 is 0.778 bits per heavy atom. The number of methoxy groups -OCH3 is 1. The van der Waals surface area contributed by atoms with Gasteiger partial charge in [0.05, 0.1) is 24.3 Å². The van der Waals surface area contributed by atoms with Crippen LogP contribution in [0, 0.1) is 6.92 Å². The molecule has 1 amide bonds. The van der Waals surface area contributed by atoms with Gasteiger partial charge in [0.15, 0.2) is 0 Å². The standard InChI is InChI=1S/C27H23N7O2/c1-17-15-25(30-18-11-13-21(36-2)14-12-18)34-27(29-17)32-20-9-7-19(8-10-20)31-26(35)24-16-28-22-5-3-4-6-23(22)33-24/h3-16H,1-2H3,(H,31,35)(H2,29,30,32,34). The minimum atomic E-state index is -0.328. The van der Waals surface area contributed by atoms with E-state index in [1.807, 2.05) is 73.7 Å². The van der Waals surface area contributed by atoms with E-state index >= 15 is 0 Å². The third kappa shape index (κ3) is 5.36. The van der Waals surface area contributed by atoms with Crippen molar-refractivity contribution in [3.63, 3.8) is 0 Å². The monoisotopic (exact) mass is 477 g/mol. The van der Waals surface area contributed by atoms with Crippen LogP contribution in [0.3, 0.4) is 0 Å². The second-order valence-corrected chi connectivity index (χ2v) is 7.97. The van der Waals surface area contributed by atoms with Crippen LogP contribution < -0.4 is 20.7 Å². The summed E-state index contributed by atoms with van der Waals surface area (Å²) in [4.78, 5) is 30.3. The Balaban J connectivity index is 1.25. The number of anilines is 5. The van der Waals surface area contributed by atoms with Crippen LogP contribution in [0.5, 0.6) is 5.75 Å². The van der Waals surface area contributed by atoms with Crippen molar-refractivity contribution in [2.75, 3.05) is 23.1 Å². The van der Waals surface area contributed by atoms with E-state index in [2.05, 4.69) is 35.9 Å². The fourth-order valence-corrected chi connectivity index (χ4v) is 3.54. The molecule has 3 aromatic carbocycles. The molecule has 0 atom stereocenters. The molecule has 0 aliphatic rings. The number of carbonyl (C=O) groups is 1. The predicted molar refractivity (Wildman–Crippen MR) is 140 cm³/mol. The first kappa shape index (κ1) is 22.7. The van der Waals surface area contributed by atoms with Crippen molar-refractivity contribution >= 4 is 45.8 Å². The van der Waals surface area contributed by atoms with Crippen LogP contribution >= 0.6 is 0 Å². The van der Waals surface area contributed by atoms with Crippen LogP contribution in [0.15, 0.2) is 85.1 Å². The van der Waals surface area contributed by atoms with Gasteiger partial charge in [0, 0.05) is 28.8 Å². The van der Waals surface area contributed by atoms with Crippen molar-refractivity contribution < 1.29 is 9.53 Å². The molecule has 0 aliphatic heterocycles. The van der Waals surface area contributed by atoms with Crippen molar-refractivity contribution in [1.82, 2.24) is 19.9 Å². The fraction of sp³-hybridized carbons (Fsp3) is 0.0741. The molecule has 36 heavy (non-hydrogen) atoms. The van der Waals surface area contributed by atoms with Crippen molar-refractivity contribution in [1.29, 1.82) is 0 Å². The summed E-state index contributed by atoms with van der Waals surface area (Å²) in [6, 6.07) is 24.1. The average Bonchev–Trinajstić information content (AvgIpc) is 2.89. The smallest absolute Gasteiger partial charge is 0.275 e. The molecule has 5 rings (SSSR count). The summed E-state index contributed by atoms with van der Waals surface area (Å²) in [5, 5.41) is 9.33. The maximum absolute atomic E-state index is 12.6. The molecule has 0 unspecified atom stereocenters. The summed E-state index contributed by atoms with van der Waals surface area (Å²) < 4.78 is 5.20. The van der Waals surface area contributed by atoms with Crippen molar-refractivity contribution in [3.05, 3.63) is 96.4 Å². The molecule has 2 aromatic heterocycles. The maximum atomic E-state index is 12.6. The van der Waals surface area contributed by atoms with Gasteiger partial charge in [-0.25, -0.2) is 9.97 Å². The second kappa shape index (κ2) is 10.1.